The van der Waals surface area contributed by atoms with Crippen molar-refractivity contribution in [2.45, 2.75) is 4.90 Å². The molecular weight excluding hydrogens is 442 g/mol. The first-order chi connectivity index (χ1) is 16.0. The molecule has 0 fully saturated rings. The van der Waals surface area contributed by atoms with Crippen molar-refractivity contribution >= 4 is 27.8 Å². The van der Waals surface area contributed by atoms with Crippen LogP contribution in [0.1, 0.15) is 15.9 Å². The van der Waals surface area contributed by atoms with Crippen molar-refractivity contribution in [1.82, 2.24) is 5.43 Å². The molecule has 0 aromatic heterocycles. The van der Waals surface area contributed by atoms with Crippen molar-refractivity contribution in [2.75, 3.05) is 17.6 Å². The molecule has 33 heavy (non-hydrogen) atoms. The van der Waals surface area contributed by atoms with Gasteiger partial charge in [-0.05, 0) is 60.2 Å². The molecule has 0 unspecified atom stereocenters. The van der Waals surface area contributed by atoms with Crippen LogP contribution in [0.5, 0.6) is 11.5 Å². The molecule has 1 heterocycles. The summed E-state index contributed by atoms with van der Waals surface area (Å²) >= 11 is 0. The molecule has 3 aromatic rings. The van der Waals surface area contributed by atoms with E-state index in [1.807, 2.05) is 0 Å². The summed E-state index contributed by atoms with van der Waals surface area (Å²) in [5.74, 6) is 0.853. The first-order valence-corrected chi connectivity index (χ1v) is 11.4. The normalized spacial score (nSPS) is 12.5. The second kappa shape index (κ2) is 9.58. The molecule has 1 N–H and O–H groups in total. The van der Waals surface area contributed by atoms with Crippen LogP contribution in [0, 0.1) is 0 Å². The van der Waals surface area contributed by atoms with Gasteiger partial charge in [-0.1, -0.05) is 24.3 Å². The minimum Gasteiger partial charge on any atom is -0.454 e. The minimum absolute atomic E-state index is 0.0859. The lowest BCUT2D eigenvalue weighted by Gasteiger charge is -2.23. The molecule has 0 saturated carbocycles. The van der Waals surface area contributed by atoms with Crippen molar-refractivity contribution in [1.29, 1.82) is 0 Å². The number of sulfonamides is 1. The van der Waals surface area contributed by atoms with Crippen LogP contribution in [-0.2, 0) is 10.0 Å². The second-order valence-electron chi connectivity index (χ2n) is 7.00. The highest BCUT2D eigenvalue weighted by Crippen LogP contribution is 2.32. The maximum Gasteiger partial charge on any atom is 0.271 e. The molecule has 8 nitrogen and oxygen atoms in total. The van der Waals surface area contributed by atoms with Crippen LogP contribution in [0.25, 0.3) is 0 Å². The predicted octanol–water partition coefficient (Wildman–Crippen LogP) is 3.56. The third-order valence-electron chi connectivity index (χ3n) is 4.82. The van der Waals surface area contributed by atoms with Crippen LogP contribution in [-0.4, -0.2) is 33.9 Å². The van der Waals surface area contributed by atoms with Crippen molar-refractivity contribution in [3.05, 3.63) is 96.6 Å². The summed E-state index contributed by atoms with van der Waals surface area (Å²) < 4.78 is 37.9. The highest BCUT2D eigenvalue weighted by atomic mass is 32.2. The number of nitrogens with one attached hydrogen (secondary N) is 1. The Balaban J connectivity index is 1.46. The van der Waals surface area contributed by atoms with Crippen LogP contribution in [0.3, 0.4) is 0 Å². The van der Waals surface area contributed by atoms with Gasteiger partial charge in [0, 0.05) is 5.56 Å². The smallest absolute Gasteiger partial charge is 0.271 e. The van der Waals surface area contributed by atoms with E-state index >= 15 is 0 Å². The monoisotopic (exact) mass is 463 g/mol. The SMILES string of the molecule is C=CCN(c1ccc(C(=O)N/N=C\c2ccc3c(c2)OCO3)cc1)S(=O)(=O)c1ccccc1. The van der Waals surface area contributed by atoms with Crippen molar-refractivity contribution in [3.63, 3.8) is 0 Å². The maximum absolute atomic E-state index is 13.1. The molecule has 9 heteroatoms. The van der Waals surface area contributed by atoms with Gasteiger partial charge < -0.3 is 9.47 Å². The number of rotatable bonds is 8. The Morgan fingerprint density at radius 3 is 2.48 bits per heavy atom. The molecule has 1 amide bonds. The second-order valence-corrected chi connectivity index (χ2v) is 8.86. The van der Waals surface area contributed by atoms with Crippen LogP contribution in [0.2, 0.25) is 0 Å². The number of amides is 1. The zero-order valence-corrected chi connectivity index (χ0v) is 18.4. The van der Waals surface area contributed by atoms with Crippen LogP contribution in [0.15, 0.2) is 95.4 Å². The maximum atomic E-state index is 13.1. The fraction of sp³-hybridized carbons (Fsp3) is 0.0833. The summed E-state index contributed by atoms with van der Waals surface area (Å²) in [7, 11) is -3.78. The summed E-state index contributed by atoms with van der Waals surface area (Å²) in [4.78, 5) is 12.6. The summed E-state index contributed by atoms with van der Waals surface area (Å²) in [6.45, 7) is 3.92. The van der Waals surface area contributed by atoms with Crippen molar-refractivity contribution in [3.8, 4) is 11.5 Å². The van der Waals surface area contributed by atoms with Gasteiger partial charge in [-0.15, -0.1) is 6.58 Å². The third-order valence-corrected chi connectivity index (χ3v) is 6.63. The minimum atomic E-state index is -3.78. The number of hydrazone groups is 1. The standard InChI is InChI=1S/C24H21N3O5S/c1-2-14-27(33(29,30)21-6-4-3-5-7-21)20-11-9-19(10-12-20)24(28)26-25-16-18-8-13-22-23(15-18)32-17-31-22/h2-13,15-16H,1,14,17H2,(H,26,28)/b25-16-. The van der Waals surface area contributed by atoms with Gasteiger partial charge >= 0.3 is 0 Å². The van der Waals surface area contributed by atoms with E-state index in [0.29, 0.717) is 22.7 Å². The summed E-state index contributed by atoms with van der Waals surface area (Å²) in [6.07, 6.45) is 3.00. The van der Waals surface area contributed by atoms with Gasteiger partial charge in [0.05, 0.1) is 23.3 Å². The first-order valence-electron chi connectivity index (χ1n) is 10.0. The molecule has 3 aromatic carbocycles. The quantitative estimate of drug-likeness (QED) is 0.313. The summed E-state index contributed by atoms with van der Waals surface area (Å²) in [5, 5.41) is 3.97. The molecule has 1 aliphatic heterocycles. The number of ether oxygens (including phenoxy) is 2. The van der Waals surface area contributed by atoms with E-state index in [2.05, 4.69) is 17.1 Å². The molecule has 0 saturated heterocycles. The number of nitrogens with zero attached hydrogens (tertiary/aromatic N) is 2. The molecular formula is C24H21N3O5S. The number of benzene rings is 3. The number of hydrogen-bond acceptors (Lipinski definition) is 6. The zero-order valence-electron chi connectivity index (χ0n) is 17.5. The van der Waals surface area contributed by atoms with Crippen LogP contribution >= 0.6 is 0 Å². The van der Waals surface area contributed by atoms with Gasteiger partial charge in [0.25, 0.3) is 15.9 Å². The van der Waals surface area contributed by atoms with E-state index in [0.717, 1.165) is 5.56 Å². The van der Waals surface area contributed by atoms with E-state index in [9.17, 15) is 13.2 Å². The number of hydrogen-bond donors (Lipinski definition) is 1. The fourth-order valence-corrected chi connectivity index (χ4v) is 4.64. The molecule has 0 aliphatic carbocycles. The van der Waals surface area contributed by atoms with Gasteiger partial charge in [0.15, 0.2) is 11.5 Å². The molecule has 0 radical (unpaired) electrons. The Kier molecular flexibility index (Phi) is 6.41. The van der Waals surface area contributed by atoms with Gasteiger partial charge in [-0.2, -0.15) is 5.10 Å². The van der Waals surface area contributed by atoms with Gasteiger partial charge in [-0.3, -0.25) is 9.10 Å². The first kappa shape index (κ1) is 22.1. The highest BCUT2D eigenvalue weighted by Gasteiger charge is 2.24. The van der Waals surface area contributed by atoms with Crippen LogP contribution < -0.4 is 19.2 Å². The van der Waals surface area contributed by atoms with Crippen molar-refractivity contribution in [2.24, 2.45) is 5.10 Å². The topological polar surface area (TPSA) is 97.3 Å². The number of anilines is 1. The Morgan fingerprint density at radius 1 is 1.03 bits per heavy atom. The average molecular weight is 464 g/mol. The Hall–Kier alpha value is -4.11. The summed E-state index contributed by atoms with van der Waals surface area (Å²) in [6, 6.07) is 19.7. The average Bonchev–Trinajstić information content (AvgIpc) is 3.31. The summed E-state index contributed by atoms with van der Waals surface area (Å²) in [5.41, 5.74) is 3.94. The largest absolute Gasteiger partial charge is 0.454 e. The number of carbonyl (C=O) groups is 1. The van der Waals surface area contributed by atoms with Gasteiger partial charge in [-0.25, -0.2) is 13.8 Å². The lowest BCUT2D eigenvalue weighted by atomic mass is 10.2. The Labute approximate surface area is 191 Å². The Bertz CT molecular complexity index is 1290. The van der Waals surface area contributed by atoms with Crippen molar-refractivity contribution < 1.29 is 22.7 Å². The van der Waals surface area contributed by atoms with E-state index in [1.165, 1.54) is 40.9 Å². The number of carbonyl (C=O) groups excluding carboxylic acids is 1. The molecule has 0 spiro atoms. The van der Waals surface area contributed by atoms with Gasteiger partial charge in [0.1, 0.15) is 0 Å². The van der Waals surface area contributed by atoms with Gasteiger partial charge in [0.2, 0.25) is 6.79 Å². The molecule has 168 valence electrons. The van der Waals surface area contributed by atoms with E-state index in [1.54, 1.807) is 48.5 Å². The third kappa shape index (κ3) is 4.88. The van der Waals surface area contributed by atoms with E-state index in [-0.39, 0.29) is 18.2 Å². The molecule has 0 atom stereocenters. The lowest BCUT2D eigenvalue weighted by molar-refractivity contribution is 0.0955. The molecule has 1 aliphatic rings. The number of fused-ring (bicyclic) bond motifs is 1. The van der Waals surface area contributed by atoms with Crippen LogP contribution in [0.4, 0.5) is 5.69 Å². The molecule has 4 rings (SSSR count). The van der Waals surface area contributed by atoms with E-state index < -0.39 is 15.9 Å². The zero-order chi connectivity index (χ0) is 23.3. The van der Waals surface area contributed by atoms with E-state index in [4.69, 9.17) is 9.47 Å². The fourth-order valence-electron chi connectivity index (χ4n) is 3.18. The predicted molar refractivity (Wildman–Crippen MR) is 125 cm³/mol. The lowest BCUT2D eigenvalue weighted by Crippen LogP contribution is -2.31. The highest BCUT2D eigenvalue weighted by molar-refractivity contribution is 7.92. The Morgan fingerprint density at radius 2 is 1.76 bits per heavy atom. The molecule has 0 bridgehead atoms.